The van der Waals surface area contributed by atoms with E-state index in [2.05, 4.69) is 5.32 Å². The van der Waals surface area contributed by atoms with Crippen LogP contribution >= 0.6 is 0 Å². The fourth-order valence-corrected chi connectivity index (χ4v) is 1.45. The molecule has 0 saturated heterocycles. The topological polar surface area (TPSA) is 75.6 Å². The Morgan fingerprint density at radius 3 is 2.56 bits per heavy atom. The summed E-state index contributed by atoms with van der Waals surface area (Å²) >= 11 is 0. The van der Waals surface area contributed by atoms with Crippen molar-refractivity contribution in [2.45, 2.75) is 45.1 Å². The first-order chi connectivity index (χ1) is 7.60. The van der Waals surface area contributed by atoms with Crippen molar-refractivity contribution in [3.8, 4) is 0 Å². The molecule has 1 unspecified atom stereocenters. The molecule has 1 amide bonds. The quantitative estimate of drug-likeness (QED) is 0.624. The Labute approximate surface area is 96.2 Å². The normalized spacial score (nSPS) is 12.1. The molecule has 0 radical (unpaired) electrons. The van der Waals surface area contributed by atoms with Crippen molar-refractivity contribution in [2.24, 2.45) is 0 Å². The van der Waals surface area contributed by atoms with Crippen molar-refractivity contribution in [2.75, 3.05) is 13.7 Å². The highest BCUT2D eigenvalue weighted by molar-refractivity contribution is 5.77. The van der Waals surface area contributed by atoms with Gasteiger partial charge in [-0.2, -0.15) is 0 Å². The van der Waals surface area contributed by atoms with Crippen molar-refractivity contribution in [3.05, 3.63) is 0 Å². The summed E-state index contributed by atoms with van der Waals surface area (Å²) in [6.45, 7) is 2.54. The number of carbonyl (C=O) groups excluding carboxylic acids is 1. The number of carbonyl (C=O) groups is 2. The number of hydrogen-bond donors (Lipinski definition) is 2. The molecule has 0 rings (SSSR count). The molecule has 1 atom stereocenters. The molecule has 0 aromatic rings. The summed E-state index contributed by atoms with van der Waals surface area (Å²) in [5.41, 5.74) is 0. The van der Waals surface area contributed by atoms with Crippen LogP contribution in [0, 0.1) is 0 Å². The highest BCUT2D eigenvalue weighted by atomic mass is 16.5. The van der Waals surface area contributed by atoms with Crippen molar-refractivity contribution >= 4 is 11.9 Å². The number of rotatable bonds is 9. The minimum atomic E-state index is -0.866. The zero-order valence-electron chi connectivity index (χ0n) is 9.99. The van der Waals surface area contributed by atoms with Gasteiger partial charge in [-0.3, -0.25) is 9.59 Å². The highest BCUT2D eigenvalue weighted by Gasteiger charge is 2.11. The maximum Gasteiger partial charge on any atom is 0.303 e. The second kappa shape index (κ2) is 9.15. The Kier molecular flexibility index (Phi) is 8.52. The Hall–Kier alpha value is -1.10. The van der Waals surface area contributed by atoms with Gasteiger partial charge in [-0.25, -0.2) is 0 Å². The van der Waals surface area contributed by atoms with Gasteiger partial charge in [0.05, 0.1) is 12.6 Å². The van der Waals surface area contributed by atoms with Crippen LogP contribution in [0.1, 0.15) is 39.0 Å². The van der Waals surface area contributed by atoms with Crippen molar-refractivity contribution in [1.82, 2.24) is 5.32 Å². The molecule has 5 nitrogen and oxygen atoms in total. The van der Waals surface area contributed by atoms with E-state index in [1.54, 1.807) is 7.11 Å². The van der Waals surface area contributed by atoms with Gasteiger partial charge in [0.1, 0.15) is 0 Å². The number of nitrogens with one attached hydrogen (secondary N) is 1. The number of methoxy groups -OCH3 is 1. The van der Waals surface area contributed by atoms with E-state index in [0.717, 1.165) is 12.8 Å². The molecular formula is C11H21NO4. The Morgan fingerprint density at radius 2 is 2.06 bits per heavy atom. The lowest BCUT2D eigenvalue weighted by atomic mass is 10.1. The minimum Gasteiger partial charge on any atom is -0.481 e. The van der Waals surface area contributed by atoms with Crippen LogP contribution in [0.2, 0.25) is 0 Å². The monoisotopic (exact) mass is 231 g/mol. The van der Waals surface area contributed by atoms with Crippen molar-refractivity contribution in [1.29, 1.82) is 0 Å². The molecule has 0 spiro atoms. The smallest absolute Gasteiger partial charge is 0.303 e. The summed E-state index contributed by atoms with van der Waals surface area (Å²) in [4.78, 5) is 21.7. The van der Waals surface area contributed by atoms with Crippen molar-refractivity contribution in [3.63, 3.8) is 0 Å². The number of hydrogen-bond acceptors (Lipinski definition) is 3. The van der Waals surface area contributed by atoms with Gasteiger partial charge in [0.2, 0.25) is 5.91 Å². The van der Waals surface area contributed by atoms with Crippen LogP contribution in [0.5, 0.6) is 0 Å². The van der Waals surface area contributed by atoms with E-state index in [4.69, 9.17) is 9.84 Å². The van der Waals surface area contributed by atoms with Gasteiger partial charge >= 0.3 is 5.97 Å². The van der Waals surface area contributed by atoms with Crippen LogP contribution in [-0.2, 0) is 14.3 Å². The molecule has 16 heavy (non-hydrogen) atoms. The zero-order chi connectivity index (χ0) is 12.4. The van der Waals surface area contributed by atoms with E-state index in [-0.39, 0.29) is 24.8 Å². The maximum absolute atomic E-state index is 11.4. The summed E-state index contributed by atoms with van der Waals surface area (Å²) in [7, 11) is 1.60. The van der Waals surface area contributed by atoms with E-state index >= 15 is 0 Å². The molecule has 0 aliphatic heterocycles. The van der Waals surface area contributed by atoms with Gasteiger partial charge < -0.3 is 15.2 Å². The maximum atomic E-state index is 11.4. The largest absolute Gasteiger partial charge is 0.481 e. The van der Waals surface area contributed by atoms with Crippen LogP contribution in [0.15, 0.2) is 0 Å². The average molecular weight is 231 g/mol. The molecule has 0 aromatic carbocycles. The van der Waals surface area contributed by atoms with E-state index in [1.807, 2.05) is 6.92 Å². The zero-order valence-corrected chi connectivity index (χ0v) is 9.99. The molecule has 0 aliphatic carbocycles. The molecule has 0 fully saturated rings. The molecule has 2 N–H and O–H groups in total. The van der Waals surface area contributed by atoms with Gasteiger partial charge in [-0.1, -0.05) is 13.3 Å². The predicted octanol–water partition coefficient (Wildman–Crippen LogP) is 1.17. The van der Waals surface area contributed by atoms with E-state index < -0.39 is 5.97 Å². The van der Waals surface area contributed by atoms with Crippen LogP contribution < -0.4 is 5.32 Å². The molecule has 94 valence electrons. The first-order valence-corrected chi connectivity index (χ1v) is 5.60. The fourth-order valence-electron chi connectivity index (χ4n) is 1.45. The molecule has 0 heterocycles. The van der Waals surface area contributed by atoms with Gasteiger partial charge in [-0.15, -0.1) is 0 Å². The SMILES string of the molecule is CCCC(COC)NC(=O)CCCC(=O)O. The standard InChI is InChI=1S/C11H21NO4/c1-3-5-9(8-16-2)12-10(13)6-4-7-11(14)15/h9H,3-8H2,1-2H3,(H,12,13)(H,14,15). The fraction of sp³-hybridized carbons (Fsp3) is 0.818. The molecule has 0 aromatic heterocycles. The third-order valence-corrected chi connectivity index (χ3v) is 2.16. The minimum absolute atomic E-state index is 0.0346. The molecule has 0 bridgehead atoms. The summed E-state index contributed by atoms with van der Waals surface area (Å²) in [5, 5.41) is 11.3. The predicted molar refractivity (Wildman–Crippen MR) is 60.2 cm³/mol. The van der Waals surface area contributed by atoms with Crippen LogP contribution in [-0.4, -0.2) is 36.7 Å². The summed E-state index contributed by atoms with van der Waals surface area (Å²) in [6, 6.07) is 0.0346. The van der Waals surface area contributed by atoms with Crippen molar-refractivity contribution < 1.29 is 19.4 Å². The Bertz CT molecular complexity index is 212. The second-order valence-corrected chi connectivity index (χ2v) is 3.76. The lowest BCUT2D eigenvalue weighted by Gasteiger charge is -2.16. The molecule has 0 aliphatic rings. The van der Waals surface area contributed by atoms with Gasteiger partial charge in [-0.05, 0) is 12.8 Å². The van der Waals surface area contributed by atoms with Gasteiger partial charge in [0.15, 0.2) is 0 Å². The number of ether oxygens (including phenoxy) is 1. The van der Waals surface area contributed by atoms with E-state index in [1.165, 1.54) is 0 Å². The lowest BCUT2D eigenvalue weighted by Crippen LogP contribution is -2.37. The molecular weight excluding hydrogens is 210 g/mol. The second-order valence-electron chi connectivity index (χ2n) is 3.76. The van der Waals surface area contributed by atoms with Crippen LogP contribution in [0.3, 0.4) is 0 Å². The number of carboxylic acids is 1. The highest BCUT2D eigenvalue weighted by Crippen LogP contribution is 2.00. The lowest BCUT2D eigenvalue weighted by molar-refractivity contribution is -0.137. The van der Waals surface area contributed by atoms with Gasteiger partial charge in [0.25, 0.3) is 0 Å². The summed E-state index contributed by atoms with van der Waals surface area (Å²) < 4.78 is 4.99. The third-order valence-electron chi connectivity index (χ3n) is 2.16. The Balaban J connectivity index is 3.76. The first-order valence-electron chi connectivity index (χ1n) is 5.60. The molecule has 0 saturated carbocycles. The van der Waals surface area contributed by atoms with E-state index in [0.29, 0.717) is 13.0 Å². The summed E-state index contributed by atoms with van der Waals surface area (Å²) in [5.74, 6) is -0.966. The van der Waals surface area contributed by atoms with Crippen LogP contribution in [0.4, 0.5) is 0 Å². The average Bonchev–Trinajstić information content (AvgIpc) is 2.17. The number of aliphatic carboxylic acids is 1. The number of amides is 1. The van der Waals surface area contributed by atoms with E-state index in [9.17, 15) is 9.59 Å². The van der Waals surface area contributed by atoms with Crippen LogP contribution in [0.25, 0.3) is 0 Å². The summed E-state index contributed by atoms with van der Waals surface area (Å²) in [6.07, 6.45) is 2.53. The van der Waals surface area contributed by atoms with Gasteiger partial charge in [0, 0.05) is 20.0 Å². The number of carboxylic acid groups (broad SMARTS) is 1. The molecule has 5 heteroatoms. The Morgan fingerprint density at radius 1 is 1.38 bits per heavy atom. The third kappa shape index (κ3) is 8.23. The first kappa shape index (κ1) is 14.9.